The van der Waals surface area contributed by atoms with Gasteiger partial charge in [0.15, 0.2) is 6.10 Å². The van der Waals surface area contributed by atoms with Crippen LogP contribution in [0.5, 0.6) is 5.75 Å². The first-order valence-electron chi connectivity index (χ1n) is 9.79. The highest BCUT2D eigenvalue weighted by molar-refractivity contribution is 6.24. The Hall–Kier alpha value is -3.64. The maximum absolute atomic E-state index is 13.5. The molecule has 5 rings (SSSR count). The number of nitrogens with zero attached hydrogens (tertiary/aromatic N) is 2. The average molecular weight is 400 g/mol. The van der Waals surface area contributed by atoms with E-state index in [0.717, 1.165) is 5.56 Å². The Labute approximate surface area is 173 Å². The highest BCUT2D eigenvalue weighted by Crippen LogP contribution is 2.49. The average Bonchev–Trinajstić information content (AvgIpc) is 3.25. The Kier molecular flexibility index (Phi) is 4.29. The molecule has 0 spiro atoms. The summed E-state index contributed by atoms with van der Waals surface area (Å²) in [6.07, 6.45) is -0.956. The van der Waals surface area contributed by atoms with Gasteiger partial charge < -0.3 is 5.11 Å². The molecule has 0 saturated carbocycles. The SMILES string of the molecule is Cc1cccc(N2C(=O)[C@@H]3[C@@H](ON(c4ccccc4)[C@H]3c3ccccc3O)C2=O)c1. The molecule has 6 heteroatoms. The van der Waals surface area contributed by atoms with Crippen molar-refractivity contribution >= 4 is 23.2 Å². The van der Waals surface area contributed by atoms with Gasteiger partial charge >= 0.3 is 0 Å². The summed E-state index contributed by atoms with van der Waals surface area (Å²) in [5, 5.41) is 12.1. The normalized spacial score (nSPS) is 23.2. The number of fused-ring (bicyclic) bond motifs is 1. The lowest BCUT2D eigenvalue weighted by atomic mass is 9.90. The van der Waals surface area contributed by atoms with Crippen molar-refractivity contribution in [2.45, 2.75) is 19.1 Å². The van der Waals surface area contributed by atoms with Gasteiger partial charge in [-0.3, -0.25) is 14.4 Å². The number of hydrogen-bond donors (Lipinski definition) is 1. The highest BCUT2D eigenvalue weighted by atomic mass is 16.7. The standard InChI is InChI=1S/C24H20N2O4/c1-15-8-7-11-17(14-15)25-23(28)20-21(18-12-5-6-13-19(18)27)26(30-22(20)24(25)29)16-9-3-2-4-10-16/h2-14,20-22,27H,1H3/t20-,21-,22+/m0/s1. The number of phenols is 1. The minimum absolute atomic E-state index is 0.0573. The maximum atomic E-state index is 13.5. The number of amides is 2. The molecule has 3 aromatic carbocycles. The molecule has 0 aliphatic carbocycles. The topological polar surface area (TPSA) is 70.1 Å². The van der Waals surface area contributed by atoms with Crippen molar-refractivity contribution in [3.05, 3.63) is 90.0 Å². The van der Waals surface area contributed by atoms with Crippen LogP contribution in [0.2, 0.25) is 0 Å². The van der Waals surface area contributed by atoms with Crippen LogP contribution >= 0.6 is 0 Å². The lowest BCUT2D eigenvalue weighted by molar-refractivity contribution is -0.126. The van der Waals surface area contributed by atoms with Crippen LogP contribution in [-0.2, 0) is 14.4 Å². The number of hydrogen-bond acceptors (Lipinski definition) is 5. The summed E-state index contributed by atoms with van der Waals surface area (Å²) in [4.78, 5) is 34.0. The van der Waals surface area contributed by atoms with E-state index in [2.05, 4.69) is 0 Å². The van der Waals surface area contributed by atoms with Crippen molar-refractivity contribution in [2.75, 3.05) is 9.96 Å². The van der Waals surface area contributed by atoms with Crippen LogP contribution < -0.4 is 9.96 Å². The first-order chi connectivity index (χ1) is 14.6. The number of rotatable bonds is 3. The van der Waals surface area contributed by atoms with Crippen molar-refractivity contribution in [1.82, 2.24) is 0 Å². The number of anilines is 2. The van der Waals surface area contributed by atoms with Gasteiger partial charge in [0.1, 0.15) is 11.7 Å². The van der Waals surface area contributed by atoms with Gasteiger partial charge in [-0.1, -0.05) is 48.5 Å². The number of carbonyl (C=O) groups excluding carboxylic acids is 2. The van der Waals surface area contributed by atoms with Crippen molar-refractivity contribution in [1.29, 1.82) is 0 Å². The second-order valence-electron chi connectivity index (χ2n) is 7.57. The van der Waals surface area contributed by atoms with Crippen LogP contribution in [0.15, 0.2) is 78.9 Å². The van der Waals surface area contributed by atoms with Gasteiger partial charge in [-0.2, -0.15) is 0 Å². The third-order valence-electron chi connectivity index (χ3n) is 5.64. The molecule has 2 amide bonds. The van der Waals surface area contributed by atoms with E-state index in [1.807, 2.05) is 49.4 Å². The monoisotopic (exact) mass is 400 g/mol. The largest absolute Gasteiger partial charge is 0.508 e. The third kappa shape index (κ3) is 2.76. The number of imide groups is 1. The summed E-state index contributed by atoms with van der Waals surface area (Å²) in [5.41, 5.74) is 2.74. The number of benzene rings is 3. The van der Waals surface area contributed by atoms with E-state index in [-0.39, 0.29) is 11.7 Å². The summed E-state index contributed by atoms with van der Waals surface area (Å²) in [5.74, 6) is -1.44. The summed E-state index contributed by atoms with van der Waals surface area (Å²) in [7, 11) is 0. The van der Waals surface area contributed by atoms with Crippen LogP contribution in [0.25, 0.3) is 0 Å². The fourth-order valence-electron chi connectivity index (χ4n) is 4.29. The number of para-hydroxylation sites is 2. The molecule has 3 atom stereocenters. The van der Waals surface area contributed by atoms with E-state index in [9.17, 15) is 14.7 Å². The van der Waals surface area contributed by atoms with E-state index < -0.39 is 24.0 Å². The first-order valence-corrected chi connectivity index (χ1v) is 9.79. The van der Waals surface area contributed by atoms with Crippen LogP contribution in [0.4, 0.5) is 11.4 Å². The Balaban J connectivity index is 1.61. The van der Waals surface area contributed by atoms with Crippen LogP contribution in [0.1, 0.15) is 17.2 Å². The summed E-state index contributed by atoms with van der Waals surface area (Å²) in [6.45, 7) is 1.91. The maximum Gasteiger partial charge on any atom is 0.266 e. The number of aryl methyl sites for hydroxylation is 1. The Morgan fingerprint density at radius 1 is 0.833 bits per heavy atom. The number of phenolic OH excluding ortho intramolecular Hbond substituents is 1. The van der Waals surface area contributed by atoms with E-state index in [1.165, 1.54) is 4.90 Å². The minimum Gasteiger partial charge on any atom is -0.508 e. The molecule has 0 radical (unpaired) electrons. The Bertz CT molecular complexity index is 1130. The zero-order chi connectivity index (χ0) is 20.8. The fourth-order valence-corrected chi connectivity index (χ4v) is 4.29. The van der Waals surface area contributed by atoms with Gasteiger partial charge in [-0.05, 0) is 42.8 Å². The molecule has 2 aliphatic heterocycles. The van der Waals surface area contributed by atoms with E-state index >= 15 is 0 Å². The van der Waals surface area contributed by atoms with Gasteiger partial charge in [-0.15, -0.1) is 0 Å². The molecule has 2 aliphatic rings. The summed E-state index contributed by atoms with van der Waals surface area (Å²) >= 11 is 0. The molecule has 0 unspecified atom stereocenters. The van der Waals surface area contributed by atoms with Gasteiger partial charge in [0.2, 0.25) is 5.91 Å². The number of hydroxylamine groups is 1. The predicted octanol–water partition coefficient (Wildman–Crippen LogP) is 3.75. The molecule has 3 aromatic rings. The van der Waals surface area contributed by atoms with Gasteiger partial charge in [-0.25, -0.2) is 9.96 Å². The molecule has 30 heavy (non-hydrogen) atoms. The smallest absolute Gasteiger partial charge is 0.266 e. The molecule has 6 nitrogen and oxygen atoms in total. The molecular weight excluding hydrogens is 380 g/mol. The zero-order valence-electron chi connectivity index (χ0n) is 16.3. The first kappa shape index (κ1) is 18.4. The van der Waals surface area contributed by atoms with Crippen LogP contribution in [0, 0.1) is 12.8 Å². The van der Waals surface area contributed by atoms with Crippen molar-refractivity contribution in [3.63, 3.8) is 0 Å². The van der Waals surface area contributed by atoms with Crippen molar-refractivity contribution in [3.8, 4) is 5.75 Å². The van der Waals surface area contributed by atoms with Crippen molar-refractivity contribution < 1.29 is 19.5 Å². The lowest BCUT2D eigenvalue weighted by Crippen LogP contribution is -2.37. The van der Waals surface area contributed by atoms with Crippen LogP contribution in [-0.4, -0.2) is 23.0 Å². The molecular formula is C24H20N2O4. The van der Waals surface area contributed by atoms with Gasteiger partial charge in [0.25, 0.3) is 5.91 Å². The molecule has 1 N–H and O–H groups in total. The highest BCUT2D eigenvalue weighted by Gasteiger charge is 2.60. The van der Waals surface area contributed by atoms with Gasteiger partial charge in [0, 0.05) is 5.56 Å². The molecule has 2 heterocycles. The fraction of sp³-hybridized carbons (Fsp3) is 0.167. The second kappa shape index (κ2) is 7.00. The molecule has 0 aromatic heterocycles. The van der Waals surface area contributed by atoms with E-state index in [1.54, 1.807) is 41.5 Å². The Morgan fingerprint density at radius 2 is 1.53 bits per heavy atom. The quantitative estimate of drug-likeness (QED) is 0.678. The summed E-state index contributed by atoms with van der Waals surface area (Å²) < 4.78 is 0. The van der Waals surface area contributed by atoms with E-state index in [0.29, 0.717) is 16.9 Å². The number of aromatic hydroxyl groups is 1. The zero-order valence-corrected chi connectivity index (χ0v) is 16.3. The van der Waals surface area contributed by atoms with Gasteiger partial charge in [0.05, 0.1) is 17.4 Å². The molecule has 150 valence electrons. The molecule has 0 bridgehead atoms. The Morgan fingerprint density at radius 3 is 2.27 bits per heavy atom. The van der Waals surface area contributed by atoms with E-state index in [4.69, 9.17) is 4.84 Å². The predicted molar refractivity (Wildman–Crippen MR) is 112 cm³/mol. The second-order valence-corrected chi connectivity index (χ2v) is 7.57. The molecule has 2 saturated heterocycles. The lowest BCUT2D eigenvalue weighted by Gasteiger charge is -2.29. The minimum atomic E-state index is -0.956. The third-order valence-corrected chi connectivity index (χ3v) is 5.64. The number of carbonyl (C=O) groups is 2. The van der Waals surface area contributed by atoms with Crippen molar-refractivity contribution in [2.24, 2.45) is 5.92 Å². The van der Waals surface area contributed by atoms with Crippen LogP contribution in [0.3, 0.4) is 0 Å². The molecule has 2 fully saturated rings. The summed E-state index contributed by atoms with van der Waals surface area (Å²) in [6, 6.07) is 22.8.